The van der Waals surface area contributed by atoms with Gasteiger partial charge in [-0.15, -0.1) is 0 Å². The average molecular weight is 332 g/mol. The Bertz CT molecular complexity index is 637. The lowest BCUT2D eigenvalue weighted by Crippen LogP contribution is -2.16. The molecule has 2 aromatic rings. The van der Waals surface area contributed by atoms with Gasteiger partial charge in [0.05, 0.1) is 0 Å². The van der Waals surface area contributed by atoms with Crippen molar-refractivity contribution in [1.82, 2.24) is 10.1 Å². The molecule has 96 valence electrons. The van der Waals surface area contributed by atoms with E-state index in [1.54, 1.807) is 25.1 Å². The minimum Gasteiger partial charge on any atom is -0.361 e. The maximum atomic E-state index is 11.8. The molecule has 0 aliphatic rings. The van der Waals surface area contributed by atoms with E-state index < -0.39 is 10.0 Å². The fraction of sp³-hybridized carbons (Fsp3) is 0.200. The first-order chi connectivity index (χ1) is 8.44. The summed E-state index contributed by atoms with van der Waals surface area (Å²) in [5, 5.41) is 3.63. The van der Waals surface area contributed by atoms with Gasteiger partial charge < -0.3 is 4.52 Å². The van der Waals surface area contributed by atoms with Crippen molar-refractivity contribution in [3.05, 3.63) is 40.3 Å². The molecular formula is C10H10BrN3O3S. The Morgan fingerprint density at radius 3 is 2.78 bits per heavy atom. The van der Waals surface area contributed by atoms with Crippen LogP contribution in [0, 0.1) is 6.92 Å². The number of aryl methyl sites for hydroxylation is 1. The van der Waals surface area contributed by atoms with E-state index in [-0.39, 0.29) is 11.6 Å². The van der Waals surface area contributed by atoms with Crippen LogP contribution < -0.4 is 4.72 Å². The van der Waals surface area contributed by atoms with Crippen LogP contribution in [0.4, 0.5) is 5.82 Å². The van der Waals surface area contributed by atoms with Gasteiger partial charge in [0.15, 0.2) is 0 Å². The monoisotopic (exact) mass is 331 g/mol. The molecule has 0 atom stereocenters. The fourth-order valence-electron chi connectivity index (χ4n) is 1.31. The van der Waals surface area contributed by atoms with Gasteiger partial charge >= 0.3 is 0 Å². The van der Waals surface area contributed by atoms with Crippen LogP contribution in [0.1, 0.15) is 11.5 Å². The van der Waals surface area contributed by atoms with Gasteiger partial charge in [0.2, 0.25) is 10.0 Å². The predicted octanol–water partition coefficient (Wildman–Crippen LogP) is 2.08. The van der Waals surface area contributed by atoms with Crippen LogP contribution >= 0.6 is 15.9 Å². The zero-order valence-electron chi connectivity index (χ0n) is 9.42. The highest BCUT2D eigenvalue weighted by Crippen LogP contribution is 2.13. The van der Waals surface area contributed by atoms with Crippen molar-refractivity contribution >= 4 is 31.8 Å². The second-order valence-electron chi connectivity index (χ2n) is 3.65. The minimum atomic E-state index is -3.54. The SMILES string of the molecule is Cc1cc(CS(=O)(=O)Nc2ccc(Br)cn2)no1. The summed E-state index contributed by atoms with van der Waals surface area (Å²) < 4.78 is 31.6. The van der Waals surface area contributed by atoms with Gasteiger partial charge in [-0.1, -0.05) is 5.16 Å². The van der Waals surface area contributed by atoms with E-state index in [0.29, 0.717) is 11.5 Å². The van der Waals surface area contributed by atoms with Crippen molar-refractivity contribution in [2.75, 3.05) is 4.72 Å². The third-order valence-electron chi connectivity index (χ3n) is 2.00. The summed E-state index contributed by atoms with van der Waals surface area (Å²) in [4.78, 5) is 3.93. The molecule has 0 fully saturated rings. The Balaban J connectivity index is 2.10. The first-order valence-corrected chi connectivity index (χ1v) is 7.43. The summed E-state index contributed by atoms with van der Waals surface area (Å²) >= 11 is 3.22. The smallest absolute Gasteiger partial charge is 0.239 e. The first kappa shape index (κ1) is 13.0. The molecule has 0 amide bonds. The summed E-state index contributed by atoms with van der Waals surface area (Å²) in [6.07, 6.45) is 1.51. The number of hydrogen-bond acceptors (Lipinski definition) is 5. The molecule has 2 aromatic heterocycles. The van der Waals surface area contributed by atoms with Crippen molar-refractivity contribution in [2.24, 2.45) is 0 Å². The third-order valence-corrected chi connectivity index (χ3v) is 3.67. The molecule has 0 aromatic carbocycles. The largest absolute Gasteiger partial charge is 0.361 e. The molecule has 2 rings (SSSR count). The highest BCUT2D eigenvalue weighted by atomic mass is 79.9. The highest BCUT2D eigenvalue weighted by molar-refractivity contribution is 9.10. The van der Waals surface area contributed by atoms with Gasteiger partial charge in [0.25, 0.3) is 0 Å². The van der Waals surface area contributed by atoms with Crippen molar-refractivity contribution in [2.45, 2.75) is 12.7 Å². The van der Waals surface area contributed by atoms with Crippen LogP contribution in [0.25, 0.3) is 0 Å². The lowest BCUT2D eigenvalue weighted by atomic mass is 10.4. The maximum absolute atomic E-state index is 11.8. The summed E-state index contributed by atoms with van der Waals surface area (Å²) in [5.74, 6) is 0.586. The molecule has 0 bridgehead atoms. The highest BCUT2D eigenvalue weighted by Gasteiger charge is 2.15. The summed E-state index contributed by atoms with van der Waals surface area (Å²) in [7, 11) is -3.54. The molecule has 0 saturated carbocycles. The quantitative estimate of drug-likeness (QED) is 0.927. The Morgan fingerprint density at radius 1 is 1.44 bits per heavy atom. The van der Waals surface area contributed by atoms with E-state index in [2.05, 4.69) is 30.8 Å². The molecule has 0 saturated heterocycles. The number of aromatic nitrogens is 2. The van der Waals surface area contributed by atoms with Crippen LogP contribution in [0.2, 0.25) is 0 Å². The molecule has 0 spiro atoms. The van der Waals surface area contributed by atoms with Crippen LogP contribution in [0.3, 0.4) is 0 Å². The lowest BCUT2D eigenvalue weighted by molar-refractivity contribution is 0.392. The van der Waals surface area contributed by atoms with E-state index in [1.165, 1.54) is 6.20 Å². The van der Waals surface area contributed by atoms with E-state index in [4.69, 9.17) is 4.52 Å². The van der Waals surface area contributed by atoms with Crippen LogP contribution in [-0.2, 0) is 15.8 Å². The number of anilines is 1. The third kappa shape index (κ3) is 3.54. The molecule has 0 aliphatic carbocycles. The Labute approximate surface area is 113 Å². The zero-order chi connectivity index (χ0) is 13.2. The van der Waals surface area contributed by atoms with Gasteiger partial charge in [-0.2, -0.15) is 0 Å². The predicted molar refractivity (Wildman–Crippen MR) is 69.4 cm³/mol. The topological polar surface area (TPSA) is 85.1 Å². The van der Waals surface area contributed by atoms with Crippen LogP contribution in [0.15, 0.2) is 33.4 Å². The molecule has 1 N–H and O–H groups in total. The van der Waals surface area contributed by atoms with E-state index in [1.807, 2.05) is 0 Å². The Hall–Kier alpha value is -1.41. The van der Waals surface area contributed by atoms with E-state index in [9.17, 15) is 8.42 Å². The molecule has 8 heteroatoms. The van der Waals surface area contributed by atoms with E-state index in [0.717, 1.165) is 4.47 Å². The number of hydrogen-bond donors (Lipinski definition) is 1. The summed E-state index contributed by atoms with van der Waals surface area (Å²) in [6, 6.07) is 4.84. The van der Waals surface area contributed by atoms with Gasteiger partial charge in [-0.3, -0.25) is 4.72 Å². The number of nitrogens with zero attached hydrogens (tertiary/aromatic N) is 2. The Kier molecular flexibility index (Phi) is 3.67. The normalized spacial score (nSPS) is 11.4. The van der Waals surface area contributed by atoms with Crippen LogP contribution in [0.5, 0.6) is 0 Å². The average Bonchev–Trinajstić information content (AvgIpc) is 2.66. The van der Waals surface area contributed by atoms with Gasteiger partial charge in [-0.25, -0.2) is 13.4 Å². The molecule has 0 aliphatic heterocycles. The number of halogens is 1. The van der Waals surface area contributed by atoms with Crippen molar-refractivity contribution in [3.63, 3.8) is 0 Å². The number of pyridine rings is 1. The molecule has 2 heterocycles. The van der Waals surface area contributed by atoms with Gasteiger partial charge in [0.1, 0.15) is 23.0 Å². The minimum absolute atomic E-state index is 0.248. The van der Waals surface area contributed by atoms with Crippen molar-refractivity contribution < 1.29 is 12.9 Å². The molecule has 0 radical (unpaired) electrons. The lowest BCUT2D eigenvalue weighted by Gasteiger charge is -2.05. The van der Waals surface area contributed by atoms with Gasteiger partial charge in [0, 0.05) is 16.7 Å². The van der Waals surface area contributed by atoms with Gasteiger partial charge in [-0.05, 0) is 35.0 Å². The fourth-order valence-corrected chi connectivity index (χ4v) is 2.58. The van der Waals surface area contributed by atoms with E-state index >= 15 is 0 Å². The Morgan fingerprint density at radius 2 is 2.22 bits per heavy atom. The summed E-state index contributed by atoms with van der Waals surface area (Å²) in [6.45, 7) is 1.70. The molecule has 0 unspecified atom stereocenters. The zero-order valence-corrected chi connectivity index (χ0v) is 11.8. The molecule has 18 heavy (non-hydrogen) atoms. The van der Waals surface area contributed by atoms with Crippen molar-refractivity contribution in [3.8, 4) is 0 Å². The maximum Gasteiger partial charge on any atom is 0.239 e. The van der Waals surface area contributed by atoms with Crippen LogP contribution in [-0.4, -0.2) is 18.6 Å². The second-order valence-corrected chi connectivity index (χ2v) is 6.29. The standard InChI is InChI=1S/C10H10BrN3O3S/c1-7-4-9(13-17-7)6-18(15,16)14-10-3-2-8(11)5-12-10/h2-5H,6H2,1H3,(H,12,14). The summed E-state index contributed by atoms with van der Waals surface area (Å²) in [5.41, 5.74) is 0.358. The number of sulfonamides is 1. The molecule has 6 nitrogen and oxygen atoms in total. The first-order valence-electron chi connectivity index (χ1n) is 4.99. The second kappa shape index (κ2) is 5.07. The number of rotatable bonds is 4. The molecular weight excluding hydrogens is 322 g/mol. The number of nitrogens with one attached hydrogen (secondary N) is 1. The van der Waals surface area contributed by atoms with Crippen molar-refractivity contribution in [1.29, 1.82) is 0 Å².